The van der Waals surface area contributed by atoms with E-state index >= 15 is 0 Å². The summed E-state index contributed by atoms with van der Waals surface area (Å²) in [6, 6.07) is 2.85. The fourth-order valence-corrected chi connectivity index (χ4v) is 2.58. The maximum atomic E-state index is 11.5. The summed E-state index contributed by atoms with van der Waals surface area (Å²) < 4.78 is 17.5. The monoisotopic (exact) mass is 292 g/mol. The molecule has 0 saturated carbocycles. The average Bonchev–Trinajstić information content (AvgIpc) is 3.02. The zero-order valence-corrected chi connectivity index (χ0v) is 11.8. The lowest BCUT2D eigenvalue weighted by Crippen LogP contribution is -2.20. The van der Waals surface area contributed by atoms with Crippen molar-refractivity contribution in [2.75, 3.05) is 13.9 Å². The van der Waals surface area contributed by atoms with Crippen LogP contribution in [0.15, 0.2) is 12.1 Å². The van der Waals surface area contributed by atoms with Crippen molar-refractivity contribution in [1.29, 1.82) is 0 Å². The van der Waals surface area contributed by atoms with Crippen molar-refractivity contribution in [3.63, 3.8) is 0 Å². The summed E-state index contributed by atoms with van der Waals surface area (Å²) in [5.41, 5.74) is 1.38. The molecule has 0 spiro atoms. The van der Waals surface area contributed by atoms with Crippen LogP contribution in [0.25, 0.3) is 11.0 Å². The first kappa shape index (κ1) is 13.7. The molecule has 1 N–H and O–H groups in total. The number of ether oxygens (including phenoxy) is 3. The molecule has 2 aromatic rings. The third-order valence-corrected chi connectivity index (χ3v) is 3.51. The van der Waals surface area contributed by atoms with Gasteiger partial charge in [0.2, 0.25) is 6.79 Å². The molecule has 0 bridgehead atoms. The number of fused-ring (bicyclic) bond motifs is 2. The van der Waals surface area contributed by atoms with E-state index in [0.717, 1.165) is 0 Å². The first-order valence-electron chi connectivity index (χ1n) is 6.68. The molecule has 7 heteroatoms. The smallest absolute Gasteiger partial charge is 0.326 e. The Morgan fingerprint density at radius 2 is 2.19 bits per heavy atom. The van der Waals surface area contributed by atoms with E-state index in [1.807, 2.05) is 6.92 Å². The van der Waals surface area contributed by atoms with Crippen LogP contribution in [0.2, 0.25) is 0 Å². The molecule has 0 radical (unpaired) electrons. The standard InChI is InChI=1S/C14H16N2O5/c1-3-9(14(17)18)16-10-5-12-11(20-7-21-12)4-8(10)15-13(16)6-19-2/h4-5,9H,3,6-7H2,1-2H3,(H,17,18). The molecular weight excluding hydrogens is 276 g/mol. The molecule has 3 rings (SSSR count). The number of carbonyl (C=O) groups is 1. The molecule has 21 heavy (non-hydrogen) atoms. The van der Waals surface area contributed by atoms with Gasteiger partial charge in [0.15, 0.2) is 11.5 Å². The van der Waals surface area contributed by atoms with Gasteiger partial charge in [-0.2, -0.15) is 0 Å². The Labute approximate surface area is 121 Å². The van der Waals surface area contributed by atoms with Crippen molar-refractivity contribution in [1.82, 2.24) is 9.55 Å². The lowest BCUT2D eigenvalue weighted by Gasteiger charge is -2.16. The van der Waals surface area contributed by atoms with E-state index in [1.54, 1.807) is 23.8 Å². The van der Waals surface area contributed by atoms with Gasteiger partial charge in [-0.05, 0) is 6.42 Å². The molecule has 1 atom stereocenters. The Bertz CT molecular complexity index is 694. The molecule has 0 aliphatic carbocycles. The molecule has 0 saturated heterocycles. The summed E-state index contributed by atoms with van der Waals surface area (Å²) >= 11 is 0. The highest BCUT2D eigenvalue weighted by Crippen LogP contribution is 2.37. The van der Waals surface area contributed by atoms with Gasteiger partial charge in [0.1, 0.15) is 18.5 Å². The third kappa shape index (κ3) is 2.19. The van der Waals surface area contributed by atoms with Crippen molar-refractivity contribution >= 4 is 17.0 Å². The van der Waals surface area contributed by atoms with E-state index in [2.05, 4.69) is 4.98 Å². The number of carboxylic acid groups (broad SMARTS) is 1. The van der Waals surface area contributed by atoms with Gasteiger partial charge >= 0.3 is 5.97 Å². The zero-order chi connectivity index (χ0) is 15.0. The topological polar surface area (TPSA) is 82.8 Å². The van der Waals surface area contributed by atoms with Gasteiger partial charge in [0.05, 0.1) is 11.0 Å². The number of carboxylic acids is 1. The van der Waals surface area contributed by atoms with Crippen LogP contribution in [0.3, 0.4) is 0 Å². The van der Waals surface area contributed by atoms with Crippen LogP contribution in [-0.2, 0) is 16.1 Å². The van der Waals surface area contributed by atoms with Gasteiger partial charge in [-0.25, -0.2) is 9.78 Å². The van der Waals surface area contributed by atoms with Crippen molar-refractivity contribution in [3.8, 4) is 11.5 Å². The summed E-state index contributed by atoms with van der Waals surface area (Å²) in [6.45, 7) is 2.24. The predicted octanol–water partition coefficient (Wildman–Crippen LogP) is 1.95. The van der Waals surface area contributed by atoms with E-state index in [4.69, 9.17) is 14.2 Å². The lowest BCUT2D eigenvalue weighted by atomic mass is 10.2. The highest BCUT2D eigenvalue weighted by atomic mass is 16.7. The van der Waals surface area contributed by atoms with Crippen molar-refractivity contribution in [2.45, 2.75) is 26.0 Å². The molecule has 1 aromatic heterocycles. The molecule has 2 heterocycles. The number of hydrogen-bond acceptors (Lipinski definition) is 5. The molecule has 1 unspecified atom stereocenters. The van der Waals surface area contributed by atoms with Crippen LogP contribution in [0, 0.1) is 0 Å². The highest BCUT2D eigenvalue weighted by Gasteiger charge is 2.26. The maximum absolute atomic E-state index is 11.5. The van der Waals surface area contributed by atoms with Crippen LogP contribution in [-0.4, -0.2) is 34.5 Å². The fraction of sp³-hybridized carbons (Fsp3) is 0.429. The molecule has 0 fully saturated rings. The summed E-state index contributed by atoms with van der Waals surface area (Å²) in [7, 11) is 1.55. The Balaban J connectivity index is 2.22. The summed E-state index contributed by atoms with van der Waals surface area (Å²) in [4.78, 5) is 16.0. The molecule has 1 aliphatic rings. The van der Waals surface area contributed by atoms with Crippen LogP contribution in [0.4, 0.5) is 0 Å². The summed E-state index contributed by atoms with van der Waals surface area (Å²) in [6.07, 6.45) is 0.450. The SMILES string of the molecule is CCC(C(=O)O)n1c(COC)nc2cc3c(cc21)OCO3. The third-order valence-electron chi connectivity index (χ3n) is 3.51. The molecule has 112 valence electrons. The van der Waals surface area contributed by atoms with Crippen LogP contribution >= 0.6 is 0 Å². The van der Waals surface area contributed by atoms with E-state index in [9.17, 15) is 9.90 Å². The number of methoxy groups -OCH3 is 1. The second-order valence-electron chi connectivity index (χ2n) is 4.79. The Hall–Kier alpha value is -2.28. The van der Waals surface area contributed by atoms with Gasteiger partial charge in [-0.3, -0.25) is 0 Å². The average molecular weight is 292 g/mol. The minimum Gasteiger partial charge on any atom is -0.480 e. The van der Waals surface area contributed by atoms with Gasteiger partial charge in [-0.1, -0.05) is 6.92 Å². The van der Waals surface area contributed by atoms with Crippen LogP contribution in [0.1, 0.15) is 25.2 Å². The number of aliphatic carboxylic acids is 1. The van der Waals surface area contributed by atoms with E-state index in [-0.39, 0.29) is 13.4 Å². The molecule has 0 amide bonds. The van der Waals surface area contributed by atoms with Gasteiger partial charge < -0.3 is 23.9 Å². The first-order chi connectivity index (χ1) is 10.2. The Morgan fingerprint density at radius 1 is 1.48 bits per heavy atom. The molecular formula is C14H16N2O5. The molecule has 7 nitrogen and oxygen atoms in total. The predicted molar refractivity (Wildman–Crippen MR) is 73.5 cm³/mol. The second kappa shape index (κ2) is 5.25. The van der Waals surface area contributed by atoms with E-state index in [1.165, 1.54) is 0 Å². The van der Waals surface area contributed by atoms with Gasteiger partial charge in [0, 0.05) is 19.2 Å². The number of rotatable bonds is 5. The van der Waals surface area contributed by atoms with Gasteiger partial charge in [0.25, 0.3) is 0 Å². The lowest BCUT2D eigenvalue weighted by molar-refractivity contribution is -0.141. The zero-order valence-electron chi connectivity index (χ0n) is 11.8. The van der Waals surface area contributed by atoms with Gasteiger partial charge in [-0.15, -0.1) is 0 Å². The minimum absolute atomic E-state index is 0.170. The van der Waals surface area contributed by atoms with Crippen molar-refractivity contribution in [2.24, 2.45) is 0 Å². The van der Waals surface area contributed by atoms with Crippen LogP contribution in [0.5, 0.6) is 11.5 Å². The van der Waals surface area contributed by atoms with Crippen molar-refractivity contribution < 1.29 is 24.1 Å². The molecule has 1 aliphatic heterocycles. The van der Waals surface area contributed by atoms with Crippen LogP contribution < -0.4 is 9.47 Å². The fourth-order valence-electron chi connectivity index (χ4n) is 2.58. The number of nitrogens with zero attached hydrogens (tertiary/aromatic N) is 2. The second-order valence-corrected chi connectivity index (χ2v) is 4.79. The Morgan fingerprint density at radius 3 is 2.81 bits per heavy atom. The number of imidazole rings is 1. The first-order valence-corrected chi connectivity index (χ1v) is 6.68. The molecule has 1 aromatic carbocycles. The largest absolute Gasteiger partial charge is 0.480 e. The maximum Gasteiger partial charge on any atom is 0.326 e. The number of hydrogen-bond donors (Lipinski definition) is 1. The van der Waals surface area contributed by atoms with Crippen molar-refractivity contribution in [3.05, 3.63) is 18.0 Å². The van der Waals surface area contributed by atoms with E-state index in [0.29, 0.717) is 34.8 Å². The minimum atomic E-state index is -0.896. The summed E-state index contributed by atoms with van der Waals surface area (Å²) in [5, 5.41) is 9.45. The Kier molecular flexibility index (Phi) is 3.42. The normalized spacial score (nSPS) is 14.6. The van der Waals surface area contributed by atoms with E-state index < -0.39 is 12.0 Å². The summed E-state index contributed by atoms with van der Waals surface area (Å²) in [5.74, 6) is 0.907. The number of aromatic nitrogens is 2. The number of benzene rings is 1. The highest BCUT2D eigenvalue weighted by molar-refractivity contribution is 5.83. The quantitative estimate of drug-likeness (QED) is 0.907.